The number of ether oxygens (including phenoxy) is 2. The zero-order chi connectivity index (χ0) is 18.7. The number of fused-ring (bicyclic) bond motifs is 1. The molecule has 0 spiro atoms. The fourth-order valence-corrected chi connectivity index (χ4v) is 2.98. The molecule has 0 aliphatic carbocycles. The maximum Gasteiger partial charge on any atom is 0.453 e. The molecule has 0 unspecified atom stereocenters. The molecule has 0 amide bonds. The van der Waals surface area contributed by atoms with Gasteiger partial charge in [-0.3, -0.25) is 4.90 Å². The Balaban J connectivity index is 1.81. The lowest BCUT2D eigenvalue weighted by molar-refractivity contribution is -0.144. The summed E-state index contributed by atoms with van der Waals surface area (Å²) in [6, 6.07) is 1.60. The molecule has 3 rings (SSSR count). The molecule has 10 heteroatoms. The van der Waals surface area contributed by atoms with Crippen LogP contribution < -0.4 is 4.74 Å². The highest BCUT2D eigenvalue weighted by molar-refractivity contribution is 5.35. The van der Waals surface area contributed by atoms with Gasteiger partial charge in [0.25, 0.3) is 11.6 Å². The van der Waals surface area contributed by atoms with Gasteiger partial charge in [0, 0.05) is 25.8 Å². The zero-order valence-corrected chi connectivity index (χ0v) is 14.8. The van der Waals surface area contributed by atoms with Crippen LogP contribution in [0.5, 0.6) is 5.88 Å². The highest BCUT2D eigenvalue weighted by Crippen LogP contribution is 2.27. The number of hydrogen-bond acceptors (Lipinski definition) is 6. The first kappa shape index (κ1) is 18.8. The van der Waals surface area contributed by atoms with Crippen LogP contribution in [0, 0.1) is 0 Å². The minimum Gasteiger partial charge on any atom is -0.478 e. The minimum atomic E-state index is -4.63. The molecule has 0 bridgehead atoms. The van der Waals surface area contributed by atoms with Crippen molar-refractivity contribution in [3.63, 3.8) is 0 Å². The third-order valence-electron chi connectivity index (χ3n) is 4.10. The van der Waals surface area contributed by atoms with Gasteiger partial charge >= 0.3 is 6.18 Å². The topological polar surface area (TPSA) is 64.8 Å². The van der Waals surface area contributed by atoms with E-state index in [1.807, 2.05) is 11.9 Å². The fourth-order valence-electron chi connectivity index (χ4n) is 2.98. The molecule has 0 radical (unpaired) electrons. The number of halogens is 3. The highest BCUT2D eigenvalue weighted by atomic mass is 19.4. The van der Waals surface area contributed by atoms with Crippen molar-refractivity contribution in [2.24, 2.45) is 0 Å². The molecule has 2 aromatic rings. The lowest BCUT2D eigenvalue weighted by Gasteiger charge is -2.27. The molecule has 144 valence electrons. The van der Waals surface area contributed by atoms with Crippen LogP contribution in [0.4, 0.5) is 13.2 Å². The van der Waals surface area contributed by atoms with E-state index >= 15 is 0 Å². The molecule has 0 N–H and O–H groups in total. The van der Waals surface area contributed by atoms with Gasteiger partial charge in [0.05, 0.1) is 18.4 Å². The Morgan fingerprint density at radius 1 is 1.35 bits per heavy atom. The van der Waals surface area contributed by atoms with Gasteiger partial charge in [0.1, 0.15) is 0 Å². The van der Waals surface area contributed by atoms with Gasteiger partial charge in [-0.15, -0.1) is 5.10 Å². The summed E-state index contributed by atoms with van der Waals surface area (Å²) in [7, 11) is 1.93. The summed E-state index contributed by atoms with van der Waals surface area (Å²) in [6.07, 6.45) is -1.21. The number of likely N-dealkylation sites (N-methyl/N-ethyl adjacent to an activating group) is 1. The first-order chi connectivity index (χ1) is 12.4. The van der Waals surface area contributed by atoms with E-state index in [0.717, 1.165) is 36.9 Å². The number of alkyl halides is 3. The fraction of sp³-hybridized carbons (Fsp3) is 0.688. The van der Waals surface area contributed by atoms with E-state index in [-0.39, 0.29) is 17.8 Å². The average molecular weight is 373 g/mol. The summed E-state index contributed by atoms with van der Waals surface area (Å²) in [6.45, 7) is 4.00. The Morgan fingerprint density at radius 3 is 2.81 bits per heavy atom. The third-order valence-corrected chi connectivity index (χ3v) is 4.10. The monoisotopic (exact) mass is 373 g/mol. The second-order valence-corrected chi connectivity index (χ2v) is 6.35. The second kappa shape index (κ2) is 7.75. The van der Waals surface area contributed by atoms with E-state index in [4.69, 9.17) is 9.47 Å². The first-order valence-electron chi connectivity index (χ1n) is 8.63. The molecular weight excluding hydrogens is 351 g/mol. The molecule has 0 saturated carbocycles. The van der Waals surface area contributed by atoms with Crippen LogP contribution in [0.15, 0.2) is 6.07 Å². The van der Waals surface area contributed by atoms with Gasteiger partial charge in [-0.2, -0.15) is 22.7 Å². The van der Waals surface area contributed by atoms with Crippen LogP contribution in [-0.2, 0) is 17.5 Å². The number of rotatable bonds is 6. The molecule has 1 atom stereocenters. The van der Waals surface area contributed by atoms with E-state index in [1.165, 1.54) is 0 Å². The normalized spacial score (nSPS) is 18.6. The standard InChI is InChI=1S/C16H22F3N5O2/c1-3-25-13-8-11(9-23(2)10-12-6-4-5-7-26-12)20-15-21-14(16(17,18)19)22-24(13)15/h8,12H,3-7,9-10H2,1-2H3/t12-/m1/s1. The largest absolute Gasteiger partial charge is 0.478 e. The Bertz CT molecular complexity index is 743. The van der Waals surface area contributed by atoms with E-state index in [9.17, 15) is 13.2 Å². The molecule has 1 aliphatic rings. The van der Waals surface area contributed by atoms with Gasteiger partial charge < -0.3 is 9.47 Å². The van der Waals surface area contributed by atoms with Gasteiger partial charge in [-0.05, 0) is 33.2 Å². The summed E-state index contributed by atoms with van der Waals surface area (Å²) in [5, 5.41) is 3.48. The van der Waals surface area contributed by atoms with Crippen molar-refractivity contribution in [3.05, 3.63) is 17.6 Å². The Morgan fingerprint density at radius 2 is 2.15 bits per heavy atom. The quantitative estimate of drug-likeness (QED) is 0.775. The van der Waals surface area contributed by atoms with Crippen molar-refractivity contribution in [1.29, 1.82) is 0 Å². The number of aromatic nitrogens is 4. The van der Waals surface area contributed by atoms with Gasteiger partial charge in [0.2, 0.25) is 5.88 Å². The highest BCUT2D eigenvalue weighted by Gasteiger charge is 2.37. The molecular formula is C16H22F3N5O2. The van der Waals surface area contributed by atoms with Crippen molar-refractivity contribution < 1.29 is 22.6 Å². The molecule has 7 nitrogen and oxygen atoms in total. The predicted molar refractivity (Wildman–Crippen MR) is 86.9 cm³/mol. The van der Waals surface area contributed by atoms with Crippen LogP contribution >= 0.6 is 0 Å². The maximum absolute atomic E-state index is 12.9. The number of hydrogen-bond donors (Lipinski definition) is 0. The van der Waals surface area contributed by atoms with Crippen molar-refractivity contribution >= 4 is 5.78 Å². The van der Waals surface area contributed by atoms with E-state index in [2.05, 4.69) is 15.1 Å². The lowest BCUT2D eigenvalue weighted by Crippen LogP contribution is -2.33. The van der Waals surface area contributed by atoms with Crippen LogP contribution in [0.3, 0.4) is 0 Å². The van der Waals surface area contributed by atoms with Crippen LogP contribution in [0.2, 0.25) is 0 Å². The van der Waals surface area contributed by atoms with E-state index in [0.29, 0.717) is 18.8 Å². The minimum absolute atomic E-state index is 0.124. The maximum atomic E-state index is 12.9. The van der Waals surface area contributed by atoms with E-state index in [1.54, 1.807) is 13.0 Å². The Hall–Kier alpha value is -1.94. The SMILES string of the molecule is CCOc1cc(CN(C)C[C@H]2CCCCO2)nc2nc(C(F)(F)F)nn12. The predicted octanol–water partition coefficient (Wildman–Crippen LogP) is 2.54. The van der Waals surface area contributed by atoms with Crippen LogP contribution in [-0.4, -0.2) is 57.4 Å². The Labute approximate surface area is 149 Å². The van der Waals surface area contributed by atoms with Crippen molar-refractivity contribution in [2.45, 2.75) is 45.0 Å². The summed E-state index contributed by atoms with van der Waals surface area (Å²) >= 11 is 0. The first-order valence-corrected chi connectivity index (χ1v) is 8.63. The number of nitrogens with zero attached hydrogens (tertiary/aromatic N) is 5. The van der Waals surface area contributed by atoms with Gasteiger partial charge in [-0.1, -0.05) is 0 Å². The zero-order valence-electron chi connectivity index (χ0n) is 14.8. The summed E-state index contributed by atoms with van der Waals surface area (Å²) in [5.41, 5.74) is 0.570. The molecule has 3 heterocycles. The Kier molecular flexibility index (Phi) is 5.61. The van der Waals surface area contributed by atoms with Gasteiger partial charge in [0.15, 0.2) is 0 Å². The summed E-state index contributed by atoms with van der Waals surface area (Å²) < 4.78 is 50.8. The molecule has 1 fully saturated rings. The van der Waals surface area contributed by atoms with Crippen LogP contribution in [0.25, 0.3) is 5.78 Å². The molecule has 1 aliphatic heterocycles. The summed E-state index contributed by atoms with van der Waals surface area (Å²) in [5.74, 6) is -1.16. The van der Waals surface area contributed by atoms with Crippen molar-refractivity contribution in [2.75, 3.05) is 26.8 Å². The van der Waals surface area contributed by atoms with Crippen molar-refractivity contribution in [3.8, 4) is 5.88 Å². The average Bonchev–Trinajstić information content (AvgIpc) is 3.00. The summed E-state index contributed by atoms with van der Waals surface area (Å²) in [4.78, 5) is 9.75. The molecule has 0 aromatic carbocycles. The van der Waals surface area contributed by atoms with Crippen molar-refractivity contribution in [1.82, 2.24) is 24.5 Å². The van der Waals surface area contributed by atoms with E-state index < -0.39 is 12.0 Å². The smallest absolute Gasteiger partial charge is 0.453 e. The van der Waals surface area contributed by atoms with Crippen LogP contribution in [0.1, 0.15) is 37.7 Å². The molecule has 26 heavy (non-hydrogen) atoms. The molecule has 2 aromatic heterocycles. The van der Waals surface area contributed by atoms with Gasteiger partial charge in [-0.25, -0.2) is 4.98 Å². The lowest BCUT2D eigenvalue weighted by atomic mass is 10.1. The second-order valence-electron chi connectivity index (χ2n) is 6.35. The molecule has 1 saturated heterocycles. The third kappa shape index (κ3) is 4.42.